The van der Waals surface area contributed by atoms with Crippen molar-refractivity contribution in [1.82, 2.24) is 0 Å². The van der Waals surface area contributed by atoms with Crippen molar-refractivity contribution in [2.24, 2.45) is 0 Å². The van der Waals surface area contributed by atoms with E-state index >= 15 is 0 Å². The summed E-state index contributed by atoms with van der Waals surface area (Å²) in [6, 6.07) is 0. The topological polar surface area (TPSA) is 20.2 Å². The zero-order chi connectivity index (χ0) is 7.82. The first-order valence-electron chi connectivity index (χ1n) is 3.76. The van der Waals surface area contributed by atoms with E-state index in [1.165, 1.54) is 6.08 Å². The van der Waals surface area contributed by atoms with Crippen LogP contribution in [0.1, 0.15) is 32.6 Å². The van der Waals surface area contributed by atoms with Crippen LogP contribution in [0.25, 0.3) is 0 Å². The monoisotopic (exact) mass is 146 g/mol. The molecule has 0 saturated carbocycles. The molecule has 0 fully saturated rings. The van der Waals surface area contributed by atoms with Crippen LogP contribution in [0.5, 0.6) is 0 Å². The lowest BCUT2D eigenvalue weighted by Gasteiger charge is -1.92. The molecule has 0 radical (unpaired) electrons. The molecule has 0 aliphatic heterocycles. The van der Waals surface area contributed by atoms with Crippen molar-refractivity contribution in [1.29, 1.82) is 0 Å². The van der Waals surface area contributed by atoms with Crippen LogP contribution in [0.4, 0.5) is 4.39 Å². The lowest BCUT2D eigenvalue weighted by atomic mass is 10.2. The summed E-state index contributed by atoms with van der Waals surface area (Å²) >= 11 is 0. The zero-order valence-corrected chi connectivity index (χ0v) is 6.44. The Morgan fingerprint density at radius 1 is 1.50 bits per heavy atom. The summed E-state index contributed by atoms with van der Waals surface area (Å²) in [6.45, 7) is 1.65. The molecule has 0 bridgehead atoms. The number of unbranched alkanes of at least 4 members (excludes halogenated alkanes) is 3. The van der Waals surface area contributed by atoms with Crippen molar-refractivity contribution < 1.29 is 9.50 Å². The van der Waals surface area contributed by atoms with E-state index in [-0.39, 0.29) is 0 Å². The summed E-state index contributed by atoms with van der Waals surface area (Å²) in [6.07, 6.45) is 5.50. The summed E-state index contributed by atoms with van der Waals surface area (Å²) < 4.78 is 12.2. The van der Waals surface area contributed by atoms with Gasteiger partial charge in [0, 0.05) is 0 Å². The van der Waals surface area contributed by atoms with Gasteiger partial charge in [-0.3, -0.25) is 0 Å². The van der Waals surface area contributed by atoms with Gasteiger partial charge in [0.05, 0.1) is 6.61 Å². The van der Waals surface area contributed by atoms with Crippen molar-refractivity contribution >= 4 is 0 Å². The molecule has 0 atom stereocenters. The Morgan fingerprint density at radius 3 is 2.70 bits per heavy atom. The molecule has 60 valence electrons. The number of hydrogen-bond donors (Lipinski definition) is 1. The minimum atomic E-state index is -0.452. The van der Waals surface area contributed by atoms with Gasteiger partial charge in [0.2, 0.25) is 0 Å². The maximum Gasteiger partial charge on any atom is 0.121 e. The van der Waals surface area contributed by atoms with Crippen LogP contribution in [-0.2, 0) is 0 Å². The molecule has 0 aromatic heterocycles. The molecule has 0 aromatic carbocycles. The highest BCUT2D eigenvalue weighted by Crippen LogP contribution is 2.03. The fraction of sp³-hybridized carbons (Fsp3) is 0.750. The molecule has 0 rings (SSSR count). The van der Waals surface area contributed by atoms with Crippen LogP contribution in [-0.4, -0.2) is 11.7 Å². The van der Waals surface area contributed by atoms with Crippen molar-refractivity contribution in [2.45, 2.75) is 32.6 Å². The second-order valence-corrected chi connectivity index (χ2v) is 2.30. The fourth-order valence-electron chi connectivity index (χ4n) is 0.718. The third kappa shape index (κ3) is 5.76. The first-order valence-corrected chi connectivity index (χ1v) is 3.76. The minimum absolute atomic E-state index is 0.406. The predicted molar refractivity (Wildman–Crippen MR) is 40.4 cm³/mol. The summed E-state index contributed by atoms with van der Waals surface area (Å²) in [5.74, 6) is -0.406. The Labute approximate surface area is 61.6 Å². The molecule has 0 unspecified atom stereocenters. The maximum atomic E-state index is 12.2. The van der Waals surface area contributed by atoms with Crippen LogP contribution < -0.4 is 0 Å². The summed E-state index contributed by atoms with van der Waals surface area (Å²) in [5, 5.41) is 8.25. The van der Waals surface area contributed by atoms with Gasteiger partial charge in [0.25, 0.3) is 0 Å². The Bertz CT molecular complexity index is 99.4. The fourth-order valence-corrected chi connectivity index (χ4v) is 0.718. The average Bonchev–Trinajstić information content (AvgIpc) is 1.98. The number of allylic oxidation sites excluding steroid dienone is 1. The molecule has 0 aromatic rings. The van der Waals surface area contributed by atoms with Crippen LogP contribution in [0, 0.1) is 0 Å². The minimum Gasteiger partial charge on any atom is -0.389 e. The van der Waals surface area contributed by atoms with E-state index in [4.69, 9.17) is 5.11 Å². The summed E-state index contributed by atoms with van der Waals surface area (Å²) in [4.78, 5) is 0. The predicted octanol–water partition coefficient (Wildman–Crippen LogP) is 2.41. The van der Waals surface area contributed by atoms with Gasteiger partial charge in [-0.1, -0.05) is 25.8 Å². The normalized spacial score (nSPS) is 12.1. The molecular formula is C8H15FO. The first kappa shape index (κ1) is 9.63. The molecule has 1 N–H and O–H groups in total. The number of halogens is 1. The van der Waals surface area contributed by atoms with E-state index in [2.05, 4.69) is 6.92 Å². The summed E-state index contributed by atoms with van der Waals surface area (Å²) in [7, 11) is 0. The number of hydrogen-bond acceptors (Lipinski definition) is 1. The van der Waals surface area contributed by atoms with Gasteiger partial charge in [0.1, 0.15) is 5.83 Å². The standard InChI is InChI=1S/C8H15FO/c1-2-3-4-5-6-8(9)7-10/h6,10H,2-5,7H2,1H3. The lowest BCUT2D eigenvalue weighted by Crippen LogP contribution is -1.81. The van der Waals surface area contributed by atoms with E-state index in [1.807, 2.05) is 0 Å². The number of rotatable bonds is 5. The smallest absolute Gasteiger partial charge is 0.121 e. The molecule has 0 aliphatic rings. The molecule has 2 heteroatoms. The molecule has 0 spiro atoms. The van der Waals surface area contributed by atoms with Gasteiger partial charge in [-0.05, 0) is 12.8 Å². The molecule has 1 nitrogen and oxygen atoms in total. The highest BCUT2D eigenvalue weighted by atomic mass is 19.1. The van der Waals surface area contributed by atoms with E-state index in [0.29, 0.717) is 0 Å². The van der Waals surface area contributed by atoms with Crippen molar-refractivity contribution in [2.75, 3.05) is 6.61 Å². The number of aliphatic hydroxyl groups is 1. The van der Waals surface area contributed by atoms with Crippen molar-refractivity contribution in [3.8, 4) is 0 Å². The van der Waals surface area contributed by atoms with Crippen LogP contribution >= 0.6 is 0 Å². The molecule has 0 saturated heterocycles. The number of aliphatic hydroxyl groups excluding tert-OH is 1. The van der Waals surface area contributed by atoms with Gasteiger partial charge >= 0.3 is 0 Å². The van der Waals surface area contributed by atoms with Gasteiger partial charge in [0.15, 0.2) is 0 Å². The van der Waals surface area contributed by atoms with Crippen LogP contribution in [0.15, 0.2) is 11.9 Å². The lowest BCUT2D eigenvalue weighted by molar-refractivity contribution is 0.297. The maximum absolute atomic E-state index is 12.2. The second kappa shape index (κ2) is 6.75. The SMILES string of the molecule is CCCCCC=C(F)CO. The molecule has 10 heavy (non-hydrogen) atoms. The van der Waals surface area contributed by atoms with Gasteiger partial charge in [-0.2, -0.15) is 0 Å². The van der Waals surface area contributed by atoms with E-state index in [9.17, 15) is 4.39 Å². The van der Waals surface area contributed by atoms with Gasteiger partial charge < -0.3 is 5.11 Å². The second-order valence-electron chi connectivity index (χ2n) is 2.30. The van der Waals surface area contributed by atoms with Crippen molar-refractivity contribution in [3.05, 3.63) is 11.9 Å². The molecular weight excluding hydrogens is 131 g/mol. The van der Waals surface area contributed by atoms with Crippen LogP contribution in [0.3, 0.4) is 0 Å². The largest absolute Gasteiger partial charge is 0.389 e. The highest BCUT2D eigenvalue weighted by molar-refractivity contribution is 4.90. The van der Waals surface area contributed by atoms with Crippen LogP contribution in [0.2, 0.25) is 0 Å². The zero-order valence-electron chi connectivity index (χ0n) is 6.44. The third-order valence-corrected chi connectivity index (χ3v) is 1.32. The van der Waals surface area contributed by atoms with Gasteiger partial charge in [-0.25, -0.2) is 4.39 Å². The Balaban J connectivity index is 3.16. The molecule has 0 aliphatic carbocycles. The third-order valence-electron chi connectivity index (χ3n) is 1.32. The van der Waals surface area contributed by atoms with E-state index < -0.39 is 12.4 Å². The quantitative estimate of drug-likeness (QED) is 0.590. The Hall–Kier alpha value is -0.370. The van der Waals surface area contributed by atoms with E-state index in [0.717, 1.165) is 25.7 Å². The Kier molecular flexibility index (Phi) is 6.50. The van der Waals surface area contributed by atoms with Gasteiger partial charge in [-0.15, -0.1) is 0 Å². The molecule has 0 amide bonds. The van der Waals surface area contributed by atoms with Crippen molar-refractivity contribution in [3.63, 3.8) is 0 Å². The first-order chi connectivity index (χ1) is 4.81. The van der Waals surface area contributed by atoms with E-state index in [1.54, 1.807) is 0 Å². The summed E-state index contributed by atoms with van der Waals surface area (Å²) in [5.41, 5.74) is 0. The Morgan fingerprint density at radius 2 is 2.20 bits per heavy atom. The molecule has 0 heterocycles. The average molecular weight is 146 g/mol. The highest BCUT2D eigenvalue weighted by Gasteiger charge is 1.88.